The van der Waals surface area contributed by atoms with Gasteiger partial charge in [-0.1, -0.05) is 38.1 Å². The molecule has 5 heteroatoms. The maximum absolute atomic E-state index is 11.9. The number of aromatic hydroxyl groups is 1. The Morgan fingerprint density at radius 1 is 1.21 bits per heavy atom. The number of aryl methyl sites for hydroxylation is 1. The molecule has 0 bridgehead atoms. The molecule has 0 unspecified atom stereocenters. The Bertz CT molecular complexity index is 771. The van der Waals surface area contributed by atoms with Crippen LogP contribution < -0.4 is 5.43 Å². The summed E-state index contributed by atoms with van der Waals surface area (Å²) in [4.78, 5) is 23.7. The third-order valence-corrected chi connectivity index (χ3v) is 3.99. The van der Waals surface area contributed by atoms with Crippen molar-refractivity contribution in [2.24, 2.45) is 0 Å². The number of rotatable bonds is 5. The van der Waals surface area contributed by atoms with Crippen molar-refractivity contribution in [2.45, 2.75) is 39.0 Å². The minimum Gasteiger partial charge on any atom is -0.502 e. The van der Waals surface area contributed by atoms with Crippen molar-refractivity contribution in [1.29, 1.82) is 0 Å². The molecule has 0 aliphatic rings. The lowest BCUT2D eigenvalue weighted by Crippen LogP contribution is -2.13. The van der Waals surface area contributed by atoms with Crippen LogP contribution in [0.1, 0.15) is 54.8 Å². The molecule has 0 fully saturated rings. The predicted octanol–water partition coefficient (Wildman–Crippen LogP) is 3.47. The zero-order chi connectivity index (χ0) is 17.9. The van der Waals surface area contributed by atoms with E-state index in [2.05, 4.69) is 13.8 Å². The van der Waals surface area contributed by atoms with Crippen molar-refractivity contribution >= 4 is 5.97 Å². The van der Waals surface area contributed by atoms with Crippen molar-refractivity contribution in [2.75, 3.05) is 7.11 Å². The number of hydrogen-bond acceptors (Lipinski definition) is 5. The van der Waals surface area contributed by atoms with Crippen molar-refractivity contribution in [3.8, 4) is 5.75 Å². The van der Waals surface area contributed by atoms with Crippen LogP contribution >= 0.6 is 0 Å². The van der Waals surface area contributed by atoms with Gasteiger partial charge in [-0.05, 0) is 24.0 Å². The Kier molecular flexibility index (Phi) is 5.44. The number of carbonyl (C=O) groups excluding carboxylic acids is 1. The summed E-state index contributed by atoms with van der Waals surface area (Å²) in [6.45, 7) is 5.81. The number of ether oxygens (including phenoxy) is 1. The zero-order valence-corrected chi connectivity index (χ0v) is 14.3. The third-order valence-electron chi connectivity index (χ3n) is 3.99. The van der Waals surface area contributed by atoms with E-state index in [1.54, 1.807) is 6.92 Å². The van der Waals surface area contributed by atoms with Crippen LogP contribution in [0.4, 0.5) is 0 Å². The standard InChI is InChI=1S/C19H22O5/c1-11(2)13-5-7-14(8-6-13)15(10-17(21)23-4)19-18(22)16(20)9-12(3)24-19/h5-9,11,15,22H,10H2,1-4H3/t15-/m1/s1. The minimum absolute atomic E-state index is 0.0303. The molecule has 0 radical (unpaired) electrons. The summed E-state index contributed by atoms with van der Waals surface area (Å²) in [5, 5.41) is 10.1. The van der Waals surface area contributed by atoms with E-state index < -0.39 is 23.1 Å². The molecule has 5 nitrogen and oxygen atoms in total. The predicted molar refractivity (Wildman–Crippen MR) is 90.4 cm³/mol. The molecule has 0 aliphatic carbocycles. The molecular weight excluding hydrogens is 308 g/mol. The first kappa shape index (κ1) is 17.8. The molecule has 1 heterocycles. The number of esters is 1. The van der Waals surface area contributed by atoms with Crippen LogP contribution in [-0.4, -0.2) is 18.2 Å². The molecule has 1 aromatic heterocycles. The van der Waals surface area contributed by atoms with E-state index in [1.807, 2.05) is 24.3 Å². The smallest absolute Gasteiger partial charge is 0.306 e. The Labute approximate surface area is 140 Å². The minimum atomic E-state index is -0.591. The molecule has 2 rings (SSSR count). The lowest BCUT2D eigenvalue weighted by atomic mass is 9.90. The van der Waals surface area contributed by atoms with Gasteiger partial charge in [0.05, 0.1) is 19.4 Å². The normalized spacial score (nSPS) is 12.2. The first-order chi connectivity index (χ1) is 11.3. The molecule has 24 heavy (non-hydrogen) atoms. The SMILES string of the molecule is COC(=O)C[C@H](c1ccc(C(C)C)cc1)c1oc(C)cc(=O)c1O. The van der Waals surface area contributed by atoms with Gasteiger partial charge < -0.3 is 14.3 Å². The fraction of sp³-hybridized carbons (Fsp3) is 0.368. The third kappa shape index (κ3) is 3.85. The average Bonchev–Trinajstić information content (AvgIpc) is 2.56. The number of methoxy groups -OCH3 is 1. The van der Waals surface area contributed by atoms with Gasteiger partial charge in [0.15, 0.2) is 5.76 Å². The van der Waals surface area contributed by atoms with Gasteiger partial charge in [0.25, 0.3) is 0 Å². The summed E-state index contributed by atoms with van der Waals surface area (Å²) >= 11 is 0. The van der Waals surface area contributed by atoms with Crippen LogP contribution in [0.15, 0.2) is 39.5 Å². The van der Waals surface area contributed by atoms with Gasteiger partial charge in [-0.25, -0.2) is 0 Å². The van der Waals surface area contributed by atoms with E-state index in [1.165, 1.54) is 13.2 Å². The van der Waals surface area contributed by atoms with E-state index in [0.717, 1.165) is 11.1 Å². The summed E-state index contributed by atoms with van der Waals surface area (Å²) in [5.74, 6) is -0.669. The second kappa shape index (κ2) is 7.34. The van der Waals surface area contributed by atoms with Crippen molar-refractivity contribution in [3.05, 3.63) is 63.2 Å². The average molecular weight is 330 g/mol. The summed E-state index contributed by atoms with van der Waals surface area (Å²) in [6, 6.07) is 8.91. The monoisotopic (exact) mass is 330 g/mol. The van der Waals surface area contributed by atoms with Gasteiger partial charge in [0.1, 0.15) is 5.76 Å². The van der Waals surface area contributed by atoms with Gasteiger partial charge in [-0.3, -0.25) is 9.59 Å². The molecule has 2 aromatic rings. The highest BCUT2D eigenvalue weighted by Gasteiger charge is 2.26. The Hall–Kier alpha value is -2.56. The maximum atomic E-state index is 11.9. The maximum Gasteiger partial charge on any atom is 0.306 e. The van der Waals surface area contributed by atoms with Crippen molar-refractivity contribution in [1.82, 2.24) is 0 Å². The highest BCUT2D eigenvalue weighted by atomic mass is 16.5. The molecule has 0 spiro atoms. The van der Waals surface area contributed by atoms with E-state index in [4.69, 9.17) is 9.15 Å². The van der Waals surface area contributed by atoms with Gasteiger partial charge in [-0.15, -0.1) is 0 Å². The molecule has 0 saturated heterocycles. The Morgan fingerprint density at radius 2 is 1.79 bits per heavy atom. The topological polar surface area (TPSA) is 76.7 Å². The molecule has 0 aliphatic heterocycles. The van der Waals surface area contributed by atoms with Crippen LogP contribution in [0.25, 0.3) is 0 Å². The fourth-order valence-electron chi connectivity index (χ4n) is 2.59. The fourth-order valence-corrected chi connectivity index (χ4v) is 2.59. The van der Waals surface area contributed by atoms with Crippen LogP contribution in [0.2, 0.25) is 0 Å². The number of benzene rings is 1. The number of hydrogen-bond donors (Lipinski definition) is 1. The quantitative estimate of drug-likeness (QED) is 0.849. The van der Waals surface area contributed by atoms with Crippen LogP contribution in [0.3, 0.4) is 0 Å². The van der Waals surface area contributed by atoms with Crippen molar-refractivity contribution < 1.29 is 19.1 Å². The summed E-state index contributed by atoms with van der Waals surface area (Å²) in [7, 11) is 1.30. The molecule has 1 atom stereocenters. The van der Waals surface area contributed by atoms with Gasteiger partial charge in [0.2, 0.25) is 11.2 Å². The highest BCUT2D eigenvalue weighted by molar-refractivity contribution is 5.71. The molecule has 128 valence electrons. The summed E-state index contributed by atoms with van der Waals surface area (Å²) < 4.78 is 10.3. The van der Waals surface area contributed by atoms with Crippen LogP contribution in [0.5, 0.6) is 5.75 Å². The van der Waals surface area contributed by atoms with Gasteiger partial charge >= 0.3 is 5.97 Å². The van der Waals surface area contributed by atoms with Crippen molar-refractivity contribution in [3.63, 3.8) is 0 Å². The Morgan fingerprint density at radius 3 is 2.33 bits per heavy atom. The summed E-state index contributed by atoms with van der Waals surface area (Å²) in [6.07, 6.45) is -0.0303. The first-order valence-electron chi connectivity index (χ1n) is 7.83. The highest BCUT2D eigenvalue weighted by Crippen LogP contribution is 2.33. The Balaban J connectivity index is 2.53. The van der Waals surface area contributed by atoms with E-state index in [0.29, 0.717) is 11.7 Å². The van der Waals surface area contributed by atoms with E-state index in [-0.39, 0.29) is 12.2 Å². The van der Waals surface area contributed by atoms with E-state index >= 15 is 0 Å². The van der Waals surface area contributed by atoms with E-state index in [9.17, 15) is 14.7 Å². The molecule has 1 N–H and O–H groups in total. The second-order valence-electron chi connectivity index (χ2n) is 6.09. The molecular formula is C19H22O5. The summed E-state index contributed by atoms with van der Waals surface area (Å²) in [5.41, 5.74) is 1.40. The second-order valence-corrected chi connectivity index (χ2v) is 6.09. The molecule has 0 amide bonds. The van der Waals surface area contributed by atoms with Crippen LogP contribution in [0, 0.1) is 6.92 Å². The molecule has 1 aromatic carbocycles. The zero-order valence-electron chi connectivity index (χ0n) is 14.3. The first-order valence-corrected chi connectivity index (χ1v) is 7.83. The van der Waals surface area contributed by atoms with Gasteiger partial charge in [-0.2, -0.15) is 0 Å². The number of carbonyl (C=O) groups is 1. The lowest BCUT2D eigenvalue weighted by Gasteiger charge is -2.17. The van der Waals surface area contributed by atoms with Gasteiger partial charge in [0, 0.05) is 6.07 Å². The molecule has 0 saturated carbocycles. The lowest BCUT2D eigenvalue weighted by molar-refractivity contribution is -0.140. The van der Waals surface area contributed by atoms with Crippen LogP contribution in [-0.2, 0) is 9.53 Å². The largest absolute Gasteiger partial charge is 0.502 e.